The average molecular weight is 279 g/mol. The van der Waals surface area contributed by atoms with Gasteiger partial charge in [-0.05, 0) is 17.5 Å². The van der Waals surface area contributed by atoms with Gasteiger partial charge >= 0.3 is 0 Å². The Morgan fingerprint density at radius 1 is 1.40 bits per heavy atom. The number of hydrogen-bond acceptors (Lipinski definition) is 5. The van der Waals surface area contributed by atoms with E-state index in [1.807, 2.05) is 20.8 Å². The number of nitrogens with zero attached hydrogens (tertiary/aromatic N) is 2. The lowest BCUT2D eigenvalue weighted by atomic mass is 9.87. The van der Waals surface area contributed by atoms with Crippen LogP contribution in [0.4, 0.5) is 4.39 Å². The van der Waals surface area contributed by atoms with Crippen molar-refractivity contribution in [2.75, 3.05) is 0 Å². The van der Waals surface area contributed by atoms with Crippen molar-refractivity contribution in [1.29, 1.82) is 0 Å². The molecule has 0 aliphatic carbocycles. The van der Waals surface area contributed by atoms with Crippen LogP contribution < -0.4 is 10.5 Å². The zero-order valence-electron chi connectivity index (χ0n) is 11.8. The van der Waals surface area contributed by atoms with E-state index in [4.69, 9.17) is 15.0 Å². The van der Waals surface area contributed by atoms with Gasteiger partial charge in [0.15, 0.2) is 6.61 Å². The van der Waals surface area contributed by atoms with Crippen LogP contribution in [0.25, 0.3) is 0 Å². The minimum atomic E-state index is -0.356. The molecule has 0 amide bonds. The van der Waals surface area contributed by atoms with E-state index in [1.54, 1.807) is 12.1 Å². The van der Waals surface area contributed by atoms with Crippen LogP contribution in [0.2, 0.25) is 0 Å². The molecule has 108 valence electrons. The first-order chi connectivity index (χ1) is 9.36. The highest BCUT2D eigenvalue weighted by Crippen LogP contribution is 2.29. The molecule has 0 aliphatic rings. The van der Waals surface area contributed by atoms with E-state index in [-0.39, 0.29) is 23.9 Å². The van der Waals surface area contributed by atoms with Crippen molar-refractivity contribution in [1.82, 2.24) is 10.1 Å². The molecule has 0 bridgehead atoms. The fraction of sp³-hybridized carbons (Fsp3) is 0.429. The molecule has 2 N–H and O–H groups in total. The first kappa shape index (κ1) is 14.5. The molecule has 1 atom stereocenters. The maximum absolute atomic E-state index is 13.0. The van der Waals surface area contributed by atoms with Crippen molar-refractivity contribution in [2.45, 2.75) is 33.4 Å². The Labute approximate surface area is 116 Å². The molecule has 0 radical (unpaired) electrons. The minimum absolute atomic E-state index is 0.101. The summed E-state index contributed by atoms with van der Waals surface area (Å²) in [6.45, 7) is 6.07. The second-order valence-corrected chi connectivity index (χ2v) is 5.64. The molecule has 0 aliphatic heterocycles. The predicted octanol–water partition coefficient (Wildman–Crippen LogP) is 2.83. The molecule has 0 unspecified atom stereocenters. The average Bonchev–Trinajstić information content (AvgIpc) is 2.83. The minimum Gasteiger partial charge on any atom is -0.485 e. The molecular weight excluding hydrogens is 261 g/mol. The summed E-state index contributed by atoms with van der Waals surface area (Å²) in [5.74, 6) is 0.807. The van der Waals surface area contributed by atoms with Gasteiger partial charge in [-0.2, -0.15) is 4.98 Å². The molecule has 2 aromatic rings. The molecule has 5 nitrogen and oxygen atoms in total. The van der Waals surface area contributed by atoms with Crippen molar-refractivity contribution in [2.24, 2.45) is 11.1 Å². The molecule has 0 saturated carbocycles. The third-order valence-electron chi connectivity index (χ3n) is 2.85. The van der Waals surface area contributed by atoms with Crippen LogP contribution >= 0.6 is 0 Å². The first-order valence-corrected chi connectivity index (χ1v) is 6.32. The van der Waals surface area contributed by atoms with Crippen molar-refractivity contribution < 1.29 is 13.7 Å². The van der Waals surface area contributed by atoms with Gasteiger partial charge < -0.3 is 15.0 Å². The number of benzene rings is 1. The zero-order chi connectivity index (χ0) is 14.8. The summed E-state index contributed by atoms with van der Waals surface area (Å²) < 4.78 is 23.5. The lowest BCUT2D eigenvalue weighted by Crippen LogP contribution is -2.26. The molecular formula is C14H18FN3O2. The molecule has 20 heavy (non-hydrogen) atoms. The highest BCUT2D eigenvalue weighted by molar-refractivity contribution is 5.22. The van der Waals surface area contributed by atoms with Gasteiger partial charge in [-0.25, -0.2) is 4.39 Å². The van der Waals surface area contributed by atoms with Crippen molar-refractivity contribution in [3.63, 3.8) is 0 Å². The van der Waals surface area contributed by atoms with Crippen LogP contribution in [0.15, 0.2) is 28.8 Å². The van der Waals surface area contributed by atoms with Crippen LogP contribution in [-0.4, -0.2) is 10.1 Å². The Hall–Kier alpha value is -1.95. The topological polar surface area (TPSA) is 74.2 Å². The number of halogens is 1. The third-order valence-corrected chi connectivity index (χ3v) is 2.85. The van der Waals surface area contributed by atoms with Gasteiger partial charge in [-0.1, -0.05) is 32.0 Å². The second kappa shape index (κ2) is 5.58. The van der Waals surface area contributed by atoms with Crippen LogP contribution in [0.5, 0.6) is 5.75 Å². The highest BCUT2D eigenvalue weighted by Gasteiger charge is 2.27. The van der Waals surface area contributed by atoms with Gasteiger partial charge in [-0.3, -0.25) is 0 Å². The highest BCUT2D eigenvalue weighted by atomic mass is 19.1. The maximum atomic E-state index is 13.0. The lowest BCUT2D eigenvalue weighted by Gasteiger charge is -2.23. The predicted molar refractivity (Wildman–Crippen MR) is 71.4 cm³/mol. The van der Waals surface area contributed by atoms with E-state index in [1.165, 1.54) is 12.1 Å². The summed E-state index contributed by atoms with van der Waals surface area (Å²) in [5.41, 5.74) is 5.85. The molecule has 2 rings (SSSR count). The molecule has 0 fully saturated rings. The summed E-state index contributed by atoms with van der Waals surface area (Å²) in [7, 11) is 0. The van der Waals surface area contributed by atoms with E-state index < -0.39 is 0 Å². The number of aromatic nitrogens is 2. The quantitative estimate of drug-likeness (QED) is 0.931. The normalized spacial score (nSPS) is 13.2. The third kappa shape index (κ3) is 3.54. The van der Waals surface area contributed by atoms with Crippen LogP contribution in [0, 0.1) is 11.2 Å². The monoisotopic (exact) mass is 279 g/mol. The van der Waals surface area contributed by atoms with Gasteiger partial charge in [0.25, 0.3) is 0 Å². The van der Waals surface area contributed by atoms with Crippen molar-refractivity contribution >= 4 is 0 Å². The Balaban J connectivity index is 2.00. The molecule has 6 heteroatoms. The van der Waals surface area contributed by atoms with E-state index in [2.05, 4.69) is 10.1 Å². The Morgan fingerprint density at radius 3 is 2.80 bits per heavy atom. The Bertz CT molecular complexity index is 578. The number of ether oxygens (including phenoxy) is 1. The van der Waals surface area contributed by atoms with E-state index in [0.29, 0.717) is 17.5 Å². The summed E-state index contributed by atoms with van der Waals surface area (Å²) in [4.78, 5) is 4.19. The van der Waals surface area contributed by atoms with Crippen molar-refractivity contribution in [3.05, 3.63) is 41.8 Å². The SMILES string of the molecule is CC(C)(C)[C@H](N)c1nc(COc2cccc(F)c2)no1. The van der Waals surface area contributed by atoms with Gasteiger partial charge in [0.2, 0.25) is 11.7 Å². The van der Waals surface area contributed by atoms with Gasteiger partial charge in [0, 0.05) is 6.07 Å². The van der Waals surface area contributed by atoms with E-state index >= 15 is 0 Å². The van der Waals surface area contributed by atoms with Crippen molar-refractivity contribution in [3.8, 4) is 5.75 Å². The number of hydrogen-bond donors (Lipinski definition) is 1. The summed E-state index contributed by atoms with van der Waals surface area (Å²) in [6, 6.07) is 5.52. The van der Waals surface area contributed by atoms with E-state index in [0.717, 1.165) is 0 Å². The van der Waals surface area contributed by atoms with E-state index in [9.17, 15) is 4.39 Å². The molecule has 1 heterocycles. The van der Waals surface area contributed by atoms with Gasteiger partial charge in [0.1, 0.15) is 11.6 Å². The summed E-state index contributed by atoms with van der Waals surface area (Å²) >= 11 is 0. The summed E-state index contributed by atoms with van der Waals surface area (Å²) in [6.07, 6.45) is 0. The Morgan fingerprint density at radius 2 is 2.15 bits per heavy atom. The lowest BCUT2D eigenvalue weighted by molar-refractivity contribution is 0.249. The molecule has 0 spiro atoms. The fourth-order valence-corrected chi connectivity index (χ4v) is 1.53. The van der Waals surface area contributed by atoms with Crippen LogP contribution in [0.1, 0.15) is 38.5 Å². The number of nitrogens with two attached hydrogens (primary N) is 1. The van der Waals surface area contributed by atoms with Crippen LogP contribution in [-0.2, 0) is 6.61 Å². The van der Waals surface area contributed by atoms with Gasteiger partial charge in [-0.15, -0.1) is 0 Å². The standard InChI is InChI=1S/C14H18FN3O2/c1-14(2,3)12(16)13-17-11(18-20-13)8-19-10-6-4-5-9(15)7-10/h4-7,12H,8,16H2,1-3H3/t12-/m1/s1. The van der Waals surface area contributed by atoms with Crippen LogP contribution in [0.3, 0.4) is 0 Å². The maximum Gasteiger partial charge on any atom is 0.244 e. The zero-order valence-corrected chi connectivity index (χ0v) is 11.8. The summed E-state index contributed by atoms with van der Waals surface area (Å²) in [5, 5.41) is 3.80. The Kier molecular flexibility index (Phi) is 4.04. The number of rotatable bonds is 4. The largest absolute Gasteiger partial charge is 0.485 e. The molecule has 1 aromatic carbocycles. The fourth-order valence-electron chi connectivity index (χ4n) is 1.53. The molecule has 0 saturated heterocycles. The smallest absolute Gasteiger partial charge is 0.244 e. The van der Waals surface area contributed by atoms with Gasteiger partial charge in [0.05, 0.1) is 6.04 Å². The second-order valence-electron chi connectivity index (χ2n) is 5.64. The molecule has 1 aromatic heterocycles. The first-order valence-electron chi connectivity index (χ1n) is 6.32.